The monoisotopic (exact) mass is 486 g/mol. The number of ether oxygens (including phenoxy) is 2. The highest BCUT2D eigenvalue weighted by atomic mass is 16.7. The third-order valence-corrected chi connectivity index (χ3v) is 9.38. The zero-order valence-corrected chi connectivity index (χ0v) is 21.2. The number of hydrogen-bond acceptors (Lipinski definition) is 7. The van der Waals surface area contributed by atoms with Crippen LogP contribution in [0.25, 0.3) is 0 Å². The van der Waals surface area contributed by atoms with E-state index in [1.165, 1.54) is 5.57 Å². The van der Waals surface area contributed by atoms with Crippen LogP contribution in [0, 0.1) is 17.8 Å². The fourth-order valence-corrected chi connectivity index (χ4v) is 7.19. The van der Waals surface area contributed by atoms with Gasteiger partial charge in [-0.05, 0) is 83.6 Å². The molecule has 3 saturated carbocycles. The van der Waals surface area contributed by atoms with E-state index in [9.17, 15) is 14.4 Å². The van der Waals surface area contributed by atoms with Crippen molar-refractivity contribution >= 4 is 17.5 Å². The maximum absolute atomic E-state index is 13.8. The minimum Gasteiger partial charge on any atom is -0.460 e. The number of piperidine rings is 1. The Morgan fingerprint density at radius 2 is 1.74 bits per heavy atom. The lowest BCUT2D eigenvalue weighted by molar-refractivity contribution is -0.163. The van der Waals surface area contributed by atoms with Crippen molar-refractivity contribution in [3.8, 4) is 0 Å². The first-order chi connectivity index (χ1) is 16.9. The van der Waals surface area contributed by atoms with Gasteiger partial charge in [0.1, 0.15) is 6.10 Å². The van der Waals surface area contributed by atoms with E-state index in [1.54, 1.807) is 0 Å². The number of epoxide rings is 1. The van der Waals surface area contributed by atoms with Crippen LogP contribution < -0.4 is 11.1 Å². The molecule has 0 spiro atoms. The summed E-state index contributed by atoms with van der Waals surface area (Å²) in [5.41, 5.74) is 4.12. The van der Waals surface area contributed by atoms with Gasteiger partial charge >= 0.3 is 5.97 Å². The van der Waals surface area contributed by atoms with Crippen molar-refractivity contribution in [2.24, 2.45) is 23.5 Å². The van der Waals surface area contributed by atoms with Crippen molar-refractivity contribution in [2.45, 2.75) is 120 Å². The van der Waals surface area contributed by atoms with Crippen LogP contribution in [0.15, 0.2) is 11.6 Å². The second kappa shape index (κ2) is 10.1. The van der Waals surface area contributed by atoms with E-state index in [1.807, 2.05) is 6.08 Å². The molecule has 194 valence electrons. The number of esters is 1. The summed E-state index contributed by atoms with van der Waals surface area (Å²) in [7, 11) is 0. The van der Waals surface area contributed by atoms with Crippen LogP contribution in [-0.4, -0.2) is 47.6 Å². The molecule has 0 aromatic carbocycles. The zero-order valence-electron chi connectivity index (χ0n) is 21.2. The topological polar surface area (TPSA) is 111 Å². The molecule has 0 aromatic heterocycles. The summed E-state index contributed by atoms with van der Waals surface area (Å²) in [6.07, 6.45) is 14.4. The molecule has 5 rings (SSSR count). The Kier molecular flexibility index (Phi) is 7.21. The minimum atomic E-state index is -1.72. The molecule has 0 bridgehead atoms. The van der Waals surface area contributed by atoms with Gasteiger partial charge in [-0.1, -0.05) is 30.9 Å². The fourth-order valence-electron chi connectivity index (χ4n) is 7.19. The summed E-state index contributed by atoms with van der Waals surface area (Å²) in [5.74, 6) is -0.982. The summed E-state index contributed by atoms with van der Waals surface area (Å²) < 4.78 is 12.0. The Morgan fingerprint density at radius 1 is 1.06 bits per heavy atom. The summed E-state index contributed by atoms with van der Waals surface area (Å²) in [4.78, 5) is 41.1. The Balaban J connectivity index is 1.32. The van der Waals surface area contributed by atoms with Crippen LogP contribution in [0.5, 0.6) is 0 Å². The highest BCUT2D eigenvalue weighted by Crippen LogP contribution is 2.61. The van der Waals surface area contributed by atoms with Crippen molar-refractivity contribution in [2.75, 3.05) is 6.54 Å². The largest absolute Gasteiger partial charge is 0.460 e. The van der Waals surface area contributed by atoms with E-state index < -0.39 is 23.1 Å². The zero-order chi connectivity index (χ0) is 24.6. The summed E-state index contributed by atoms with van der Waals surface area (Å²) in [6, 6.07) is 0. The molecule has 35 heavy (non-hydrogen) atoms. The maximum atomic E-state index is 13.8. The molecule has 2 saturated heterocycles. The van der Waals surface area contributed by atoms with Gasteiger partial charge in [-0.3, -0.25) is 9.59 Å². The number of allylic oxidation sites excluding steroid dienone is 1. The summed E-state index contributed by atoms with van der Waals surface area (Å²) in [5, 5.41) is 3.29. The Bertz CT molecular complexity index is 881. The standard InChI is InChI=1S/C28H42N2O5/c1-18(11-12-19-14-16-30-23(29)17-19)13-15-27-24(31)21-9-5-6-10-22(21)25(32)28(27,35-27)26(33)34-20-7-3-2-4-8-20/h13,19-23,30H,2-12,14-17,29H2,1H3. The minimum absolute atomic E-state index is 0.0456. The molecule has 2 aliphatic heterocycles. The van der Waals surface area contributed by atoms with Gasteiger partial charge in [0.05, 0.1) is 6.17 Å². The molecule has 0 aromatic rings. The molecule has 6 atom stereocenters. The molecule has 6 unspecified atom stereocenters. The van der Waals surface area contributed by atoms with E-state index in [0.29, 0.717) is 18.8 Å². The van der Waals surface area contributed by atoms with E-state index in [2.05, 4.69) is 12.2 Å². The number of Topliss-reactive ketones (excluding diaryl/α,β-unsaturated/α-hetero) is 2. The average molecular weight is 487 g/mol. The predicted octanol–water partition coefficient (Wildman–Crippen LogP) is 3.73. The Morgan fingerprint density at radius 3 is 2.46 bits per heavy atom. The Hall–Kier alpha value is -1.57. The molecule has 0 radical (unpaired) electrons. The number of carbonyl (C=O) groups excluding carboxylic acids is 3. The second-order valence-electron chi connectivity index (χ2n) is 11.7. The van der Waals surface area contributed by atoms with Crippen LogP contribution >= 0.6 is 0 Å². The quantitative estimate of drug-likeness (QED) is 0.244. The maximum Gasteiger partial charge on any atom is 0.350 e. The van der Waals surface area contributed by atoms with Crippen LogP contribution in [0.3, 0.4) is 0 Å². The van der Waals surface area contributed by atoms with E-state index in [0.717, 1.165) is 77.2 Å². The average Bonchev–Trinajstić information content (AvgIpc) is 3.58. The normalized spacial score (nSPS) is 40.1. The molecule has 5 fully saturated rings. The van der Waals surface area contributed by atoms with Gasteiger partial charge in [0.2, 0.25) is 0 Å². The van der Waals surface area contributed by atoms with E-state index >= 15 is 0 Å². The molecule has 7 heteroatoms. The van der Waals surface area contributed by atoms with Crippen molar-refractivity contribution in [1.29, 1.82) is 0 Å². The number of nitrogens with two attached hydrogens (primary N) is 1. The third-order valence-electron chi connectivity index (χ3n) is 9.38. The highest BCUT2D eigenvalue weighted by Gasteiger charge is 2.87. The number of rotatable bonds is 7. The first-order valence-electron chi connectivity index (χ1n) is 14.0. The van der Waals surface area contributed by atoms with Crippen molar-refractivity contribution in [3.05, 3.63) is 11.6 Å². The summed E-state index contributed by atoms with van der Waals surface area (Å²) in [6.45, 7) is 3.02. The smallest absolute Gasteiger partial charge is 0.350 e. The van der Waals surface area contributed by atoms with Crippen molar-refractivity contribution < 1.29 is 23.9 Å². The lowest BCUT2D eigenvalue weighted by Gasteiger charge is -2.37. The first kappa shape index (κ1) is 25.1. The van der Waals surface area contributed by atoms with Crippen LogP contribution in [-0.2, 0) is 23.9 Å². The van der Waals surface area contributed by atoms with Gasteiger partial charge in [0, 0.05) is 18.3 Å². The van der Waals surface area contributed by atoms with Crippen molar-refractivity contribution in [3.63, 3.8) is 0 Å². The molecule has 3 aliphatic carbocycles. The van der Waals surface area contributed by atoms with E-state index in [-0.39, 0.29) is 36.2 Å². The SMILES string of the molecule is CC(=CCC12OC1(C(=O)OC1CCCCC1)C(=O)C1CCCCC1C2=O)CCC1CCNC(N)C1. The number of ketones is 2. The van der Waals surface area contributed by atoms with Crippen LogP contribution in [0.1, 0.15) is 96.8 Å². The van der Waals surface area contributed by atoms with Gasteiger partial charge in [-0.2, -0.15) is 0 Å². The summed E-state index contributed by atoms with van der Waals surface area (Å²) >= 11 is 0. The lowest BCUT2D eigenvalue weighted by atomic mass is 9.61. The van der Waals surface area contributed by atoms with Gasteiger partial charge < -0.3 is 20.5 Å². The van der Waals surface area contributed by atoms with Gasteiger partial charge in [-0.15, -0.1) is 0 Å². The highest BCUT2D eigenvalue weighted by molar-refractivity contribution is 6.23. The second-order valence-corrected chi connectivity index (χ2v) is 11.7. The lowest BCUT2D eigenvalue weighted by Crippen LogP contribution is -2.58. The Labute approximate surface area is 208 Å². The number of hydrogen-bond donors (Lipinski definition) is 2. The molecule has 2 heterocycles. The number of carbonyl (C=O) groups is 3. The number of nitrogens with one attached hydrogen (secondary N) is 1. The molecule has 0 amide bonds. The van der Waals surface area contributed by atoms with Crippen molar-refractivity contribution in [1.82, 2.24) is 5.32 Å². The number of fused-ring (bicyclic) bond motifs is 2. The van der Waals surface area contributed by atoms with Gasteiger partial charge in [-0.25, -0.2) is 4.79 Å². The molecular formula is C28H42N2O5. The molecule has 3 N–H and O–H groups in total. The van der Waals surface area contributed by atoms with Gasteiger partial charge in [0.25, 0.3) is 5.60 Å². The van der Waals surface area contributed by atoms with Crippen LogP contribution in [0.2, 0.25) is 0 Å². The van der Waals surface area contributed by atoms with Gasteiger partial charge in [0.15, 0.2) is 17.2 Å². The molecule has 5 aliphatic rings. The first-order valence-corrected chi connectivity index (χ1v) is 14.0. The van der Waals surface area contributed by atoms with E-state index in [4.69, 9.17) is 15.2 Å². The molecular weight excluding hydrogens is 444 g/mol. The fraction of sp³-hybridized carbons (Fsp3) is 0.821. The predicted molar refractivity (Wildman–Crippen MR) is 131 cm³/mol. The third kappa shape index (κ3) is 4.53. The molecule has 7 nitrogen and oxygen atoms in total. The van der Waals surface area contributed by atoms with Crippen LogP contribution in [0.4, 0.5) is 0 Å².